The maximum atomic E-state index is 13.3. The van der Waals surface area contributed by atoms with Gasteiger partial charge >= 0.3 is 6.18 Å². The van der Waals surface area contributed by atoms with Crippen LogP contribution >= 0.6 is 0 Å². The largest absolute Gasteiger partial charge is 0.416 e. The van der Waals surface area contributed by atoms with Crippen LogP contribution in [-0.4, -0.2) is 31.4 Å². The van der Waals surface area contributed by atoms with E-state index in [0.29, 0.717) is 12.6 Å². The quantitative estimate of drug-likeness (QED) is 0.848. The van der Waals surface area contributed by atoms with Gasteiger partial charge in [0.15, 0.2) is 0 Å². The topological polar surface area (TPSA) is 32.3 Å². The Bertz CT molecular complexity index is 502. The predicted molar refractivity (Wildman–Crippen MR) is 71.0 cm³/mol. The lowest BCUT2D eigenvalue weighted by atomic mass is 10.1. The Kier molecular flexibility index (Phi) is 5.71. The molecule has 0 fully saturated rings. The van der Waals surface area contributed by atoms with E-state index in [4.69, 9.17) is 0 Å². The summed E-state index contributed by atoms with van der Waals surface area (Å²) in [7, 11) is 3.18. The van der Waals surface area contributed by atoms with E-state index < -0.39 is 17.6 Å². The molecule has 0 heterocycles. The van der Waals surface area contributed by atoms with Gasteiger partial charge in [-0.25, -0.2) is 4.39 Å². The highest BCUT2D eigenvalue weighted by molar-refractivity contribution is 5.78. The van der Waals surface area contributed by atoms with E-state index in [-0.39, 0.29) is 23.9 Å². The predicted octanol–water partition coefficient (Wildman–Crippen LogP) is 2.66. The summed E-state index contributed by atoms with van der Waals surface area (Å²) >= 11 is 0. The molecule has 1 N–H and O–H groups in total. The maximum absolute atomic E-state index is 13.3. The van der Waals surface area contributed by atoms with E-state index in [1.54, 1.807) is 18.9 Å². The van der Waals surface area contributed by atoms with Crippen LogP contribution in [0.25, 0.3) is 0 Å². The van der Waals surface area contributed by atoms with Crippen molar-refractivity contribution in [3.8, 4) is 0 Å². The molecule has 1 aromatic carbocycles. The average molecular weight is 306 g/mol. The SMILES string of the molecule is CNC(=O)C(C)CN(C)Cc1cc(F)cc(C(F)(F)F)c1. The van der Waals surface area contributed by atoms with E-state index in [2.05, 4.69) is 5.32 Å². The van der Waals surface area contributed by atoms with Crippen molar-refractivity contribution in [3.05, 3.63) is 35.1 Å². The molecule has 7 heteroatoms. The zero-order valence-electron chi connectivity index (χ0n) is 12.1. The number of hydrogen-bond acceptors (Lipinski definition) is 2. The van der Waals surface area contributed by atoms with Crippen molar-refractivity contribution < 1.29 is 22.4 Å². The first-order chi connectivity index (χ1) is 9.63. The first-order valence-electron chi connectivity index (χ1n) is 6.40. The summed E-state index contributed by atoms with van der Waals surface area (Å²) in [5.74, 6) is -1.39. The van der Waals surface area contributed by atoms with Crippen LogP contribution in [0.3, 0.4) is 0 Å². The summed E-state index contributed by atoms with van der Waals surface area (Å²) in [6, 6.07) is 2.46. The average Bonchev–Trinajstić information content (AvgIpc) is 2.35. The molecule has 118 valence electrons. The van der Waals surface area contributed by atoms with Crippen molar-refractivity contribution in [3.63, 3.8) is 0 Å². The van der Waals surface area contributed by atoms with Gasteiger partial charge in [-0.15, -0.1) is 0 Å². The second-order valence-corrected chi connectivity index (χ2v) is 5.06. The van der Waals surface area contributed by atoms with Crippen LogP contribution in [0.4, 0.5) is 17.6 Å². The summed E-state index contributed by atoms with van der Waals surface area (Å²) in [6.07, 6.45) is -4.58. The van der Waals surface area contributed by atoms with Crippen molar-refractivity contribution in [1.29, 1.82) is 0 Å². The lowest BCUT2D eigenvalue weighted by Gasteiger charge is -2.21. The number of benzene rings is 1. The molecule has 0 aliphatic rings. The molecule has 0 spiro atoms. The van der Waals surface area contributed by atoms with Crippen molar-refractivity contribution >= 4 is 5.91 Å². The molecule has 0 aliphatic heterocycles. The number of halogens is 4. The standard InChI is InChI=1S/C14H18F4N2O/c1-9(13(21)19-2)7-20(3)8-10-4-11(14(16,17)18)6-12(15)5-10/h4-6,9H,7-8H2,1-3H3,(H,19,21). The minimum atomic E-state index is -4.58. The number of nitrogens with one attached hydrogen (secondary N) is 1. The molecule has 1 amide bonds. The summed E-state index contributed by atoms with van der Waals surface area (Å²) in [5.41, 5.74) is -0.792. The van der Waals surface area contributed by atoms with Crippen LogP contribution in [0.15, 0.2) is 18.2 Å². The van der Waals surface area contributed by atoms with E-state index in [0.717, 1.165) is 12.1 Å². The van der Waals surface area contributed by atoms with Gasteiger partial charge in [-0.05, 0) is 30.8 Å². The number of carbonyl (C=O) groups is 1. The van der Waals surface area contributed by atoms with Crippen molar-refractivity contribution in [2.24, 2.45) is 5.92 Å². The van der Waals surface area contributed by atoms with Crippen LogP contribution < -0.4 is 5.32 Å². The third kappa shape index (κ3) is 5.34. The van der Waals surface area contributed by atoms with Crippen LogP contribution in [0.2, 0.25) is 0 Å². The van der Waals surface area contributed by atoms with Gasteiger partial charge in [0.25, 0.3) is 0 Å². The molecular formula is C14H18F4N2O. The van der Waals surface area contributed by atoms with Crippen molar-refractivity contribution in [2.75, 3.05) is 20.6 Å². The molecular weight excluding hydrogens is 288 g/mol. The highest BCUT2D eigenvalue weighted by Gasteiger charge is 2.31. The summed E-state index contributed by atoms with van der Waals surface area (Å²) in [6.45, 7) is 2.20. The summed E-state index contributed by atoms with van der Waals surface area (Å²) in [4.78, 5) is 13.1. The Morgan fingerprint density at radius 2 is 1.95 bits per heavy atom. The third-order valence-electron chi connectivity index (χ3n) is 3.02. The molecule has 3 nitrogen and oxygen atoms in total. The lowest BCUT2D eigenvalue weighted by molar-refractivity contribution is -0.137. The van der Waals surface area contributed by atoms with Gasteiger partial charge in [0.1, 0.15) is 5.82 Å². The zero-order valence-corrected chi connectivity index (χ0v) is 12.1. The Morgan fingerprint density at radius 1 is 1.33 bits per heavy atom. The van der Waals surface area contributed by atoms with Gasteiger partial charge in [0.05, 0.1) is 5.56 Å². The lowest BCUT2D eigenvalue weighted by Crippen LogP contribution is -2.34. The molecule has 1 atom stereocenters. The third-order valence-corrected chi connectivity index (χ3v) is 3.02. The van der Waals surface area contributed by atoms with Crippen molar-refractivity contribution in [2.45, 2.75) is 19.6 Å². The minimum absolute atomic E-state index is 0.127. The summed E-state index contributed by atoms with van der Waals surface area (Å²) in [5, 5.41) is 2.50. The first kappa shape index (κ1) is 17.4. The Morgan fingerprint density at radius 3 is 2.48 bits per heavy atom. The molecule has 1 unspecified atom stereocenters. The second-order valence-electron chi connectivity index (χ2n) is 5.06. The fourth-order valence-electron chi connectivity index (χ4n) is 2.08. The van der Waals surface area contributed by atoms with Gasteiger partial charge in [-0.3, -0.25) is 4.79 Å². The van der Waals surface area contributed by atoms with Gasteiger partial charge in [-0.1, -0.05) is 6.92 Å². The molecule has 0 aromatic heterocycles. The molecule has 0 saturated carbocycles. The zero-order chi connectivity index (χ0) is 16.2. The number of carbonyl (C=O) groups excluding carboxylic acids is 1. The van der Waals surface area contributed by atoms with E-state index in [9.17, 15) is 22.4 Å². The fraction of sp³-hybridized carbons (Fsp3) is 0.500. The number of amides is 1. The van der Waals surface area contributed by atoms with Crippen LogP contribution in [0, 0.1) is 11.7 Å². The van der Waals surface area contributed by atoms with Crippen LogP contribution in [-0.2, 0) is 17.5 Å². The van der Waals surface area contributed by atoms with E-state index >= 15 is 0 Å². The second kappa shape index (κ2) is 6.89. The van der Waals surface area contributed by atoms with Crippen LogP contribution in [0.5, 0.6) is 0 Å². The Balaban J connectivity index is 2.79. The van der Waals surface area contributed by atoms with Gasteiger partial charge in [-0.2, -0.15) is 13.2 Å². The summed E-state index contributed by atoms with van der Waals surface area (Å²) < 4.78 is 51.1. The van der Waals surface area contributed by atoms with Crippen molar-refractivity contribution in [1.82, 2.24) is 10.2 Å². The smallest absolute Gasteiger partial charge is 0.359 e. The molecule has 1 rings (SSSR count). The fourth-order valence-corrected chi connectivity index (χ4v) is 2.08. The number of hydrogen-bond donors (Lipinski definition) is 1. The van der Waals surface area contributed by atoms with E-state index in [1.165, 1.54) is 7.05 Å². The molecule has 0 saturated heterocycles. The normalized spacial score (nSPS) is 13.3. The number of nitrogens with zero attached hydrogens (tertiary/aromatic N) is 1. The molecule has 0 radical (unpaired) electrons. The molecule has 1 aromatic rings. The van der Waals surface area contributed by atoms with Crippen LogP contribution in [0.1, 0.15) is 18.1 Å². The molecule has 21 heavy (non-hydrogen) atoms. The minimum Gasteiger partial charge on any atom is -0.359 e. The van der Waals surface area contributed by atoms with Gasteiger partial charge in [0, 0.05) is 26.1 Å². The first-order valence-corrected chi connectivity index (χ1v) is 6.40. The number of alkyl halides is 3. The highest BCUT2D eigenvalue weighted by atomic mass is 19.4. The van der Waals surface area contributed by atoms with Gasteiger partial charge < -0.3 is 10.2 Å². The monoisotopic (exact) mass is 306 g/mol. The van der Waals surface area contributed by atoms with Gasteiger partial charge in [0.2, 0.25) is 5.91 Å². The molecule has 0 aliphatic carbocycles. The Hall–Kier alpha value is -1.63. The number of rotatable bonds is 5. The highest BCUT2D eigenvalue weighted by Crippen LogP contribution is 2.30. The molecule has 0 bridgehead atoms. The maximum Gasteiger partial charge on any atom is 0.416 e. The van der Waals surface area contributed by atoms with E-state index in [1.807, 2.05) is 0 Å². The Labute approximate surface area is 120 Å².